The summed E-state index contributed by atoms with van der Waals surface area (Å²) in [5, 5.41) is 10.9. The minimum Gasteiger partial charge on any atom is -0.494 e. The summed E-state index contributed by atoms with van der Waals surface area (Å²) in [4.78, 5) is 4.10. The molecule has 5 nitrogen and oxygen atoms in total. The van der Waals surface area contributed by atoms with Crippen LogP contribution in [-0.2, 0) is 5.75 Å². The minimum atomic E-state index is 0.617. The summed E-state index contributed by atoms with van der Waals surface area (Å²) in [6, 6.07) is 17.2. The molecule has 0 N–H and O–H groups in total. The third-order valence-corrected chi connectivity index (χ3v) is 5.91. The number of rotatable bonds is 7. The number of benzene rings is 2. The van der Waals surface area contributed by atoms with Crippen molar-refractivity contribution in [1.29, 1.82) is 0 Å². The molecular weight excluding hydrogens is 439 g/mol. The highest BCUT2D eigenvalue weighted by Crippen LogP contribution is 2.32. The fraction of sp³-hybridized carbons (Fsp3) is 0.136. The van der Waals surface area contributed by atoms with Crippen LogP contribution in [0, 0.1) is 0 Å². The predicted molar refractivity (Wildman–Crippen MR) is 122 cm³/mol. The topological polar surface area (TPSA) is 52.8 Å². The third kappa shape index (κ3) is 4.61. The van der Waals surface area contributed by atoms with Crippen molar-refractivity contribution in [3.8, 4) is 22.8 Å². The van der Waals surface area contributed by atoms with Crippen molar-refractivity contribution in [3.05, 3.63) is 82.6 Å². The molecule has 152 valence electrons. The van der Waals surface area contributed by atoms with Gasteiger partial charge in [0.2, 0.25) is 0 Å². The molecule has 4 aromatic rings. The largest absolute Gasteiger partial charge is 0.494 e. The van der Waals surface area contributed by atoms with E-state index in [2.05, 4.69) is 15.2 Å². The summed E-state index contributed by atoms with van der Waals surface area (Å²) in [6.45, 7) is 2.59. The number of ether oxygens (including phenoxy) is 1. The van der Waals surface area contributed by atoms with E-state index in [1.807, 2.05) is 60.0 Å². The first kappa shape index (κ1) is 20.7. The van der Waals surface area contributed by atoms with Gasteiger partial charge in [0.05, 0.1) is 6.61 Å². The highest BCUT2D eigenvalue weighted by Gasteiger charge is 2.17. The maximum Gasteiger partial charge on any atom is 0.196 e. The second kappa shape index (κ2) is 9.51. The number of hydrogen-bond donors (Lipinski definition) is 0. The molecule has 0 aliphatic carbocycles. The van der Waals surface area contributed by atoms with Gasteiger partial charge in [-0.3, -0.25) is 9.55 Å². The highest BCUT2D eigenvalue weighted by molar-refractivity contribution is 7.98. The van der Waals surface area contributed by atoms with Gasteiger partial charge in [0, 0.05) is 39.4 Å². The standard InChI is InChI=1S/C22H18Cl2N4OS/c1-2-29-19-7-5-18(6-8-19)28-21(15-9-11-25-12-10-15)26-27-22(28)30-14-16-3-4-17(23)13-20(16)24/h3-13H,2,14H2,1H3. The quantitative estimate of drug-likeness (QED) is 0.304. The van der Waals surface area contributed by atoms with Crippen LogP contribution in [0.5, 0.6) is 5.75 Å². The zero-order valence-electron chi connectivity index (χ0n) is 16.1. The fourth-order valence-electron chi connectivity index (χ4n) is 2.92. The molecule has 0 radical (unpaired) electrons. The average molecular weight is 457 g/mol. The van der Waals surface area contributed by atoms with Gasteiger partial charge in [0.15, 0.2) is 11.0 Å². The molecule has 0 aliphatic rings. The van der Waals surface area contributed by atoms with Crippen LogP contribution in [0.4, 0.5) is 0 Å². The maximum absolute atomic E-state index is 6.34. The molecule has 8 heteroatoms. The summed E-state index contributed by atoms with van der Waals surface area (Å²) in [6.07, 6.45) is 3.49. The Balaban J connectivity index is 1.70. The molecule has 2 aromatic heterocycles. The van der Waals surface area contributed by atoms with Gasteiger partial charge < -0.3 is 4.74 Å². The summed E-state index contributed by atoms with van der Waals surface area (Å²) >= 11 is 13.9. The molecule has 2 aromatic carbocycles. The van der Waals surface area contributed by atoms with E-state index in [9.17, 15) is 0 Å². The molecule has 0 spiro atoms. The van der Waals surface area contributed by atoms with Gasteiger partial charge in [-0.15, -0.1) is 10.2 Å². The van der Waals surface area contributed by atoms with E-state index in [-0.39, 0.29) is 0 Å². The Morgan fingerprint density at radius 2 is 1.73 bits per heavy atom. The molecule has 2 heterocycles. The molecule has 0 unspecified atom stereocenters. The van der Waals surface area contributed by atoms with Crippen LogP contribution in [0.25, 0.3) is 17.1 Å². The lowest BCUT2D eigenvalue weighted by Gasteiger charge is -2.12. The lowest BCUT2D eigenvalue weighted by molar-refractivity contribution is 0.340. The lowest BCUT2D eigenvalue weighted by Crippen LogP contribution is -2.00. The molecule has 0 atom stereocenters. The monoisotopic (exact) mass is 456 g/mol. The first-order valence-electron chi connectivity index (χ1n) is 9.31. The average Bonchev–Trinajstić information content (AvgIpc) is 3.18. The van der Waals surface area contributed by atoms with Gasteiger partial charge in [-0.25, -0.2) is 0 Å². The third-order valence-electron chi connectivity index (χ3n) is 4.35. The Labute approximate surface area is 189 Å². The van der Waals surface area contributed by atoms with E-state index in [4.69, 9.17) is 27.9 Å². The second-order valence-corrected chi connectivity index (χ2v) is 8.11. The lowest BCUT2D eigenvalue weighted by atomic mass is 10.2. The number of halogens is 2. The number of thioether (sulfide) groups is 1. The van der Waals surface area contributed by atoms with Gasteiger partial charge >= 0.3 is 0 Å². The van der Waals surface area contributed by atoms with Crippen LogP contribution < -0.4 is 4.74 Å². The van der Waals surface area contributed by atoms with Crippen LogP contribution in [0.2, 0.25) is 10.0 Å². The first-order valence-corrected chi connectivity index (χ1v) is 11.1. The highest BCUT2D eigenvalue weighted by atomic mass is 35.5. The number of hydrogen-bond acceptors (Lipinski definition) is 5. The maximum atomic E-state index is 6.34. The summed E-state index contributed by atoms with van der Waals surface area (Å²) in [5.41, 5.74) is 2.86. The molecule has 30 heavy (non-hydrogen) atoms. The molecule has 0 amide bonds. The summed E-state index contributed by atoms with van der Waals surface area (Å²) in [5.74, 6) is 2.20. The number of aromatic nitrogens is 4. The molecule has 0 saturated heterocycles. The van der Waals surface area contributed by atoms with Gasteiger partial charge in [0.1, 0.15) is 5.75 Å². The van der Waals surface area contributed by atoms with Crippen LogP contribution in [-0.4, -0.2) is 26.4 Å². The van der Waals surface area contributed by atoms with E-state index in [0.29, 0.717) is 22.4 Å². The van der Waals surface area contributed by atoms with Crippen molar-refractivity contribution in [2.24, 2.45) is 0 Å². The van der Waals surface area contributed by atoms with Crippen molar-refractivity contribution in [2.45, 2.75) is 17.8 Å². The molecule has 0 aliphatic heterocycles. The summed E-state index contributed by atoms with van der Waals surface area (Å²) < 4.78 is 7.60. The van der Waals surface area contributed by atoms with E-state index in [1.54, 1.807) is 30.2 Å². The zero-order chi connectivity index (χ0) is 20.9. The van der Waals surface area contributed by atoms with E-state index < -0.39 is 0 Å². The van der Waals surface area contributed by atoms with Crippen molar-refractivity contribution < 1.29 is 4.74 Å². The Hall–Kier alpha value is -2.54. The van der Waals surface area contributed by atoms with Crippen molar-refractivity contribution in [1.82, 2.24) is 19.7 Å². The second-order valence-electron chi connectivity index (χ2n) is 6.33. The normalized spacial score (nSPS) is 10.9. The van der Waals surface area contributed by atoms with Crippen LogP contribution >= 0.6 is 35.0 Å². The number of nitrogens with zero attached hydrogens (tertiary/aromatic N) is 4. The molecular formula is C22H18Cl2N4OS. The van der Waals surface area contributed by atoms with Crippen LogP contribution in [0.15, 0.2) is 72.1 Å². The number of pyridine rings is 1. The fourth-order valence-corrected chi connectivity index (χ4v) is 4.43. The molecule has 4 rings (SSSR count). The van der Waals surface area contributed by atoms with Gasteiger partial charge in [0.25, 0.3) is 0 Å². The molecule has 0 bridgehead atoms. The first-order chi connectivity index (χ1) is 14.7. The van der Waals surface area contributed by atoms with E-state index in [0.717, 1.165) is 33.5 Å². The van der Waals surface area contributed by atoms with E-state index in [1.165, 1.54) is 0 Å². The van der Waals surface area contributed by atoms with Gasteiger partial charge in [-0.05, 0) is 61.0 Å². The summed E-state index contributed by atoms with van der Waals surface area (Å²) in [7, 11) is 0. The Kier molecular flexibility index (Phi) is 6.57. The Morgan fingerprint density at radius 3 is 2.43 bits per heavy atom. The van der Waals surface area contributed by atoms with Gasteiger partial charge in [-0.1, -0.05) is 41.0 Å². The smallest absolute Gasteiger partial charge is 0.196 e. The van der Waals surface area contributed by atoms with Crippen LogP contribution in [0.3, 0.4) is 0 Å². The zero-order valence-corrected chi connectivity index (χ0v) is 18.5. The van der Waals surface area contributed by atoms with Crippen LogP contribution in [0.1, 0.15) is 12.5 Å². The van der Waals surface area contributed by atoms with Crippen molar-refractivity contribution in [2.75, 3.05) is 6.61 Å². The Bertz CT molecular complexity index is 1130. The van der Waals surface area contributed by atoms with Crippen molar-refractivity contribution >= 4 is 35.0 Å². The SMILES string of the molecule is CCOc1ccc(-n2c(SCc3ccc(Cl)cc3Cl)nnc2-c2ccncc2)cc1. The minimum absolute atomic E-state index is 0.617. The molecule has 0 saturated carbocycles. The van der Waals surface area contributed by atoms with Gasteiger partial charge in [-0.2, -0.15) is 0 Å². The van der Waals surface area contributed by atoms with Crippen molar-refractivity contribution in [3.63, 3.8) is 0 Å². The Morgan fingerprint density at radius 1 is 0.967 bits per heavy atom. The van der Waals surface area contributed by atoms with E-state index >= 15 is 0 Å². The predicted octanol–water partition coefficient (Wildman–Crippen LogP) is 6.33. The molecule has 0 fully saturated rings.